The van der Waals surface area contributed by atoms with E-state index in [4.69, 9.17) is 4.74 Å². The number of carbonyl (C=O) groups excluding carboxylic acids is 1. The van der Waals surface area contributed by atoms with Gasteiger partial charge < -0.3 is 15.4 Å². The van der Waals surface area contributed by atoms with E-state index in [1.165, 1.54) is 12.1 Å². The third-order valence-corrected chi connectivity index (χ3v) is 4.39. The molecule has 160 valence electrons. The highest BCUT2D eigenvalue weighted by Gasteiger charge is 2.15. The fraction of sp³-hybridized carbons (Fsp3) is 0.273. The first-order chi connectivity index (χ1) is 14.2. The van der Waals surface area contributed by atoms with Crippen LogP contribution in [0.5, 0.6) is 0 Å². The van der Waals surface area contributed by atoms with Crippen LogP contribution in [0.15, 0.2) is 60.8 Å². The second-order valence-corrected chi connectivity index (χ2v) is 6.56. The molecule has 1 heterocycles. The predicted octanol–water partition coefficient (Wildman–Crippen LogP) is 2.99. The van der Waals surface area contributed by atoms with E-state index in [-0.39, 0.29) is 30.6 Å². The summed E-state index contributed by atoms with van der Waals surface area (Å²) in [7, 11) is 1.65. The van der Waals surface area contributed by atoms with Gasteiger partial charge in [0.1, 0.15) is 5.82 Å². The van der Waals surface area contributed by atoms with Crippen molar-refractivity contribution in [3.63, 3.8) is 0 Å². The number of nitrogens with zero attached hydrogens (tertiary/aromatic N) is 2. The summed E-state index contributed by atoms with van der Waals surface area (Å²) in [5.41, 5.74) is 3.11. The number of rotatable bonds is 10. The van der Waals surface area contributed by atoms with Crippen LogP contribution in [0.4, 0.5) is 4.39 Å². The van der Waals surface area contributed by atoms with Gasteiger partial charge in [-0.1, -0.05) is 18.2 Å². The van der Waals surface area contributed by atoms with Gasteiger partial charge in [0.2, 0.25) is 5.91 Å². The van der Waals surface area contributed by atoms with Gasteiger partial charge in [-0.05, 0) is 36.4 Å². The van der Waals surface area contributed by atoms with Crippen LogP contribution in [-0.2, 0) is 16.0 Å². The molecule has 6 nitrogen and oxygen atoms in total. The molecular formula is C22H26ClFN4O2. The van der Waals surface area contributed by atoms with Crippen molar-refractivity contribution in [2.24, 2.45) is 0 Å². The summed E-state index contributed by atoms with van der Waals surface area (Å²) in [6.45, 7) is 2.57. The van der Waals surface area contributed by atoms with Crippen molar-refractivity contribution in [1.29, 1.82) is 0 Å². The molecule has 2 aromatic carbocycles. The van der Waals surface area contributed by atoms with Crippen LogP contribution in [0.1, 0.15) is 5.56 Å². The van der Waals surface area contributed by atoms with Crippen LogP contribution in [0.2, 0.25) is 0 Å². The summed E-state index contributed by atoms with van der Waals surface area (Å²) in [4.78, 5) is 12.4. The minimum Gasteiger partial charge on any atom is -0.383 e. The van der Waals surface area contributed by atoms with E-state index in [2.05, 4.69) is 15.7 Å². The molecule has 0 aliphatic carbocycles. The van der Waals surface area contributed by atoms with Crippen LogP contribution < -0.4 is 10.6 Å². The molecule has 0 spiro atoms. The van der Waals surface area contributed by atoms with Crippen LogP contribution in [0.25, 0.3) is 16.9 Å². The van der Waals surface area contributed by atoms with Crippen molar-refractivity contribution in [2.45, 2.75) is 6.42 Å². The van der Waals surface area contributed by atoms with Gasteiger partial charge in [0.05, 0.1) is 24.4 Å². The molecule has 0 aliphatic heterocycles. The van der Waals surface area contributed by atoms with E-state index in [0.717, 1.165) is 23.4 Å². The van der Waals surface area contributed by atoms with Gasteiger partial charge in [-0.25, -0.2) is 9.07 Å². The van der Waals surface area contributed by atoms with E-state index in [0.29, 0.717) is 25.4 Å². The summed E-state index contributed by atoms with van der Waals surface area (Å²) in [6, 6.07) is 15.8. The van der Waals surface area contributed by atoms with E-state index in [1.54, 1.807) is 23.9 Å². The molecule has 0 aliphatic rings. The molecule has 0 atom stereocenters. The molecule has 3 aromatic rings. The first kappa shape index (κ1) is 23.5. The lowest BCUT2D eigenvalue weighted by molar-refractivity contribution is -0.120. The number of nitrogens with one attached hydrogen (secondary N) is 2. The Balaban J connectivity index is 0.00000320. The minimum atomic E-state index is -0.309. The Kier molecular flexibility index (Phi) is 9.47. The van der Waals surface area contributed by atoms with Crippen LogP contribution in [-0.4, -0.2) is 49.0 Å². The van der Waals surface area contributed by atoms with Gasteiger partial charge >= 0.3 is 0 Å². The number of benzene rings is 2. The average Bonchev–Trinajstić information content (AvgIpc) is 3.15. The molecule has 1 aromatic heterocycles. The van der Waals surface area contributed by atoms with Gasteiger partial charge in [-0.15, -0.1) is 12.4 Å². The topological polar surface area (TPSA) is 68.2 Å². The summed E-state index contributed by atoms with van der Waals surface area (Å²) < 4.78 is 20.0. The highest BCUT2D eigenvalue weighted by Crippen LogP contribution is 2.24. The molecular weight excluding hydrogens is 407 g/mol. The maximum Gasteiger partial charge on any atom is 0.224 e. The molecule has 0 radical (unpaired) electrons. The number of para-hydroxylation sites is 1. The summed E-state index contributed by atoms with van der Waals surface area (Å²) in [5.74, 6) is -0.397. The lowest BCUT2D eigenvalue weighted by atomic mass is 10.1. The van der Waals surface area contributed by atoms with Gasteiger partial charge in [0.15, 0.2) is 0 Å². The summed E-state index contributed by atoms with van der Waals surface area (Å²) >= 11 is 0. The second-order valence-electron chi connectivity index (χ2n) is 6.56. The molecule has 30 heavy (non-hydrogen) atoms. The lowest BCUT2D eigenvalue weighted by Gasteiger charge is -2.07. The zero-order valence-electron chi connectivity index (χ0n) is 16.8. The number of aromatic nitrogens is 2. The molecule has 0 bridgehead atoms. The highest BCUT2D eigenvalue weighted by molar-refractivity contribution is 5.85. The Hall–Kier alpha value is -2.74. The molecule has 1 amide bonds. The smallest absolute Gasteiger partial charge is 0.224 e. The van der Waals surface area contributed by atoms with Gasteiger partial charge in [-0.3, -0.25) is 4.79 Å². The number of amides is 1. The molecule has 3 rings (SSSR count). The van der Waals surface area contributed by atoms with Crippen molar-refractivity contribution in [1.82, 2.24) is 20.4 Å². The Labute approximate surface area is 181 Å². The first-order valence-corrected chi connectivity index (χ1v) is 9.53. The number of hydrogen-bond donors (Lipinski definition) is 2. The van der Waals surface area contributed by atoms with E-state index < -0.39 is 0 Å². The maximum absolute atomic E-state index is 13.3. The summed E-state index contributed by atoms with van der Waals surface area (Å²) in [6.07, 6.45) is 2.04. The molecule has 0 fully saturated rings. The van der Waals surface area contributed by atoms with Crippen molar-refractivity contribution in [3.05, 3.63) is 72.2 Å². The fourth-order valence-electron chi connectivity index (χ4n) is 2.93. The Morgan fingerprint density at radius 1 is 1.07 bits per heavy atom. The Morgan fingerprint density at radius 2 is 1.80 bits per heavy atom. The molecule has 2 N–H and O–H groups in total. The number of carbonyl (C=O) groups is 1. The number of halogens is 2. The normalized spacial score (nSPS) is 10.5. The largest absolute Gasteiger partial charge is 0.383 e. The van der Waals surface area contributed by atoms with Crippen molar-refractivity contribution in [2.75, 3.05) is 33.4 Å². The van der Waals surface area contributed by atoms with E-state index in [1.807, 2.05) is 36.5 Å². The number of hydrogen-bond acceptors (Lipinski definition) is 4. The van der Waals surface area contributed by atoms with E-state index in [9.17, 15) is 9.18 Å². The molecule has 8 heteroatoms. The minimum absolute atomic E-state index is 0. The SMILES string of the molecule is COCCNCCNC(=O)Cc1cn(-c2ccccc2)nc1-c1ccc(F)cc1.Cl. The quantitative estimate of drug-likeness (QED) is 0.483. The third-order valence-electron chi connectivity index (χ3n) is 4.39. The van der Waals surface area contributed by atoms with Crippen LogP contribution in [0, 0.1) is 5.82 Å². The molecule has 0 saturated carbocycles. The highest BCUT2D eigenvalue weighted by atomic mass is 35.5. The van der Waals surface area contributed by atoms with Crippen molar-refractivity contribution >= 4 is 18.3 Å². The third kappa shape index (κ3) is 6.66. The van der Waals surface area contributed by atoms with Crippen LogP contribution >= 0.6 is 12.4 Å². The molecule has 0 saturated heterocycles. The standard InChI is InChI=1S/C22H25FN4O2.ClH/c1-29-14-13-24-11-12-25-21(28)15-18-16-27(20-5-3-2-4-6-20)26-22(18)17-7-9-19(23)10-8-17;/h2-10,16,24H,11-15H2,1H3,(H,25,28);1H. The van der Waals surface area contributed by atoms with Crippen LogP contribution in [0.3, 0.4) is 0 Å². The average molecular weight is 433 g/mol. The lowest BCUT2D eigenvalue weighted by Crippen LogP contribution is -2.33. The second kappa shape index (κ2) is 12.1. The monoisotopic (exact) mass is 432 g/mol. The molecule has 0 unspecified atom stereocenters. The Bertz CT molecular complexity index is 917. The van der Waals surface area contributed by atoms with Gasteiger partial charge in [-0.2, -0.15) is 5.10 Å². The Morgan fingerprint density at radius 3 is 2.50 bits per heavy atom. The van der Waals surface area contributed by atoms with Crippen molar-refractivity contribution < 1.29 is 13.9 Å². The predicted molar refractivity (Wildman–Crippen MR) is 118 cm³/mol. The van der Waals surface area contributed by atoms with Crippen molar-refractivity contribution in [3.8, 4) is 16.9 Å². The van der Waals surface area contributed by atoms with Gasteiger partial charge in [0.25, 0.3) is 0 Å². The van der Waals surface area contributed by atoms with Gasteiger partial charge in [0, 0.05) is 44.1 Å². The summed E-state index contributed by atoms with van der Waals surface area (Å²) in [5, 5.41) is 10.7. The first-order valence-electron chi connectivity index (χ1n) is 9.53. The number of ether oxygens (including phenoxy) is 1. The fourth-order valence-corrected chi connectivity index (χ4v) is 2.93. The van der Waals surface area contributed by atoms with E-state index >= 15 is 0 Å². The zero-order chi connectivity index (χ0) is 20.5. The zero-order valence-corrected chi connectivity index (χ0v) is 17.6. The maximum atomic E-state index is 13.3. The number of methoxy groups -OCH3 is 1.